The lowest BCUT2D eigenvalue weighted by Crippen LogP contribution is -2.19. The van der Waals surface area contributed by atoms with Crippen LogP contribution in [-0.4, -0.2) is 32.5 Å². The van der Waals surface area contributed by atoms with Gasteiger partial charge in [0.25, 0.3) is 0 Å². The largest absolute Gasteiger partial charge is 0.508 e. The molecular weight excluding hydrogens is 300 g/mol. The lowest BCUT2D eigenvalue weighted by atomic mass is 10.2. The molecule has 0 spiro atoms. The summed E-state index contributed by atoms with van der Waals surface area (Å²) < 4.78 is 15.7. The molecule has 0 atom stereocenters. The fraction of sp³-hybridized carbons (Fsp3) is 0.188. The van der Waals surface area contributed by atoms with E-state index in [2.05, 4.69) is 10.6 Å². The van der Waals surface area contributed by atoms with E-state index in [0.717, 1.165) is 0 Å². The number of anilines is 2. The van der Waals surface area contributed by atoms with Crippen molar-refractivity contribution in [3.05, 3.63) is 36.4 Å². The van der Waals surface area contributed by atoms with Crippen LogP contribution in [0, 0.1) is 0 Å². The molecule has 2 rings (SSSR count). The second-order valence-corrected chi connectivity index (χ2v) is 4.54. The van der Waals surface area contributed by atoms with Crippen molar-refractivity contribution in [2.75, 3.05) is 32.0 Å². The molecule has 2 amide bonds. The van der Waals surface area contributed by atoms with Gasteiger partial charge in [-0.15, -0.1) is 0 Å². The van der Waals surface area contributed by atoms with E-state index in [1.165, 1.54) is 33.5 Å². The van der Waals surface area contributed by atoms with Crippen LogP contribution in [0.2, 0.25) is 0 Å². The smallest absolute Gasteiger partial charge is 0.323 e. The number of methoxy groups -OCH3 is 3. The number of phenolic OH excluding ortho intramolecular Hbond substituents is 1. The van der Waals surface area contributed by atoms with Crippen molar-refractivity contribution in [3.8, 4) is 23.0 Å². The summed E-state index contributed by atoms with van der Waals surface area (Å²) in [7, 11) is 4.49. The number of ether oxygens (including phenoxy) is 3. The Kier molecular flexibility index (Phi) is 5.14. The number of aromatic hydroxyl groups is 1. The van der Waals surface area contributed by atoms with Crippen LogP contribution >= 0.6 is 0 Å². The second-order valence-electron chi connectivity index (χ2n) is 4.54. The van der Waals surface area contributed by atoms with Gasteiger partial charge in [-0.2, -0.15) is 0 Å². The molecule has 2 aromatic carbocycles. The molecule has 122 valence electrons. The summed E-state index contributed by atoms with van der Waals surface area (Å²) in [4.78, 5) is 12.0. The number of nitrogens with one attached hydrogen (secondary N) is 2. The average Bonchev–Trinajstić information content (AvgIpc) is 2.53. The Morgan fingerprint density at radius 1 is 0.913 bits per heavy atom. The summed E-state index contributed by atoms with van der Waals surface area (Å²) >= 11 is 0. The zero-order valence-electron chi connectivity index (χ0n) is 13.0. The van der Waals surface area contributed by atoms with Gasteiger partial charge in [-0.1, -0.05) is 6.07 Å². The van der Waals surface area contributed by atoms with Crippen LogP contribution in [0.1, 0.15) is 0 Å². The Bertz CT molecular complexity index is 678. The van der Waals surface area contributed by atoms with Crippen LogP contribution in [0.5, 0.6) is 23.0 Å². The van der Waals surface area contributed by atoms with E-state index in [1.807, 2.05) is 0 Å². The lowest BCUT2D eigenvalue weighted by molar-refractivity contribution is 0.262. The van der Waals surface area contributed by atoms with Crippen LogP contribution in [0.3, 0.4) is 0 Å². The predicted molar refractivity (Wildman–Crippen MR) is 86.8 cm³/mol. The molecule has 0 radical (unpaired) electrons. The maximum Gasteiger partial charge on any atom is 0.323 e. The Balaban J connectivity index is 2.17. The minimum Gasteiger partial charge on any atom is -0.508 e. The van der Waals surface area contributed by atoms with Gasteiger partial charge < -0.3 is 30.0 Å². The first-order valence-electron chi connectivity index (χ1n) is 6.74. The monoisotopic (exact) mass is 318 g/mol. The molecule has 0 saturated carbocycles. The molecule has 3 N–H and O–H groups in total. The van der Waals surface area contributed by atoms with Crippen molar-refractivity contribution in [3.63, 3.8) is 0 Å². The number of amides is 2. The third-order valence-electron chi connectivity index (χ3n) is 3.03. The fourth-order valence-electron chi connectivity index (χ4n) is 2.03. The van der Waals surface area contributed by atoms with Crippen LogP contribution in [0.4, 0.5) is 16.2 Å². The Morgan fingerprint density at radius 2 is 1.52 bits per heavy atom. The van der Waals surface area contributed by atoms with Crippen LogP contribution < -0.4 is 24.8 Å². The highest BCUT2D eigenvalue weighted by Crippen LogP contribution is 2.39. The number of phenols is 1. The molecule has 0 heterocycles. The Morgan fingerprint density at radius 3 is 2.04 bits per heavy atom. The number of rotatable bonds is 5. The van der Waals surface area contributed by atoms with Gasteiger partial charge in [0.2, 0.25) is 5.75 Å². The average molecular weight is 318 g/mol. The molecule has 2 aromatic rings. The summed E-state index contributed by atoms with van der Waals surface area (Å²) in [6.45, 7) is 0. The van der Waals surface area contributed by atoms with Gasteiger partial charge in [0.1, 0.15) is 5.75 Å². The summed E-state index contributed by atoms with van der Waals surface area (Å²) in [5.41, 5.74) is 0.937. The number of benzene rings is 2. The quantitative estimate of drug-likeness (QED) is 0.788. The first-order valence-corrected chi connectivity index (χ1v) is 6.74. The highest BCUT2D eigenvalue weighted by Gasteiger charge is 2.14. The molecule has 0 saturated heterocycles. The number of carbonyl (C=O) groups excluding carboxylic acids is 1. The van der Waals surface area contributed by atoms with Crippen molar-refractivity contribution in [1.29, 1.82) is 0 Å². The second kappa shape index (κ2) is 7.26. The van der Waals surface area contributed by atoms with Gasteiger partial charge in [0.05, 0.1) is 27.0 Å². The molecule has 0 aliphatic heterocycles. The van der Waals surface area contributed by atoms with Crippen LogP contribution in [0.15, 0.2) is 36.4 Å². The molecule has 0 bridgehead atoms. The zero-order chi connectivity index (χ0) is 16.8. The molecule has 0 aromatic heterocycles. The standard InChI is InChI=1S/C16H18N2O5/c1-21-13-8-11(9-14(22-2)15(13)23-3)18-16(20)17-10-5-4-6-12(19)7-10/h4-9,19H,1-3H3,(H2,17,18,20). The number of hydrogen-bond acceptors (Lipinski definition) is 5. The van der Waals surface area contributed by atoms with Gasteiger partial charge in [-0.25, -0.2) is 4.79 Å². The molecule has 0 fully saturated rings. The number of urea groups is 1. The van der Waals surface area contributed by atoms with E-state index in [1.54, 1.807) is 24.3 Å². The molecule has 7 nitrogen and oxygen atoms in total. The third kappa shape index (κ3) is 3.97. The summed E-state index contributed by atoms with van der Waals surface area (Å²) in [6, 6.07) is 9.01. The normalized spacial score (nSPS) is 9.87. The first kappa shape index (κ1) is 16.3. The Hall–Kier alpha value is -3.09. The molecule has 23 heavy (non-hydrogen) atoms. The molecule has 0 aliphatic carbocycles. The van der Waals surface area contributed by atoms with E-state index in [0.29, 0.717) is 28.6 Å². The van der Waals surface area contributed by atoms with E-state index in [9.17, 15) is 9.90 Å². The van der Waals surface area contributed by atoms with Gasteiger partial charge >= 0.3 is 6.03 Å². The summed E-state index contributed by atoms with van der Waals surface area (Å²) in [5.74, 6) is 1.36. The van der Waals surface area contributed by atoms with E-state index in [4.69, 9.17) is 14.2 Å². The molecule has 7 heteroatoms. The maximum absolute atomic E-state index is 12.0. The van der Waals surface area contributed by atoms with E-state index >= 15 is 0 Å². The highest BCUT2D eigenvalue weighted by molar-refractivity contribution is 6.00. The molecule has 0 aliphatic rings. The zero-order valence-corrected chi connectivity index (χ0v) is 13.0. The number of carbonyl (C=O) groups is 1. The minimum atomic E-state index is -0.468. The number of hydrogen-bond donors (Lipinski definition) is 3. The maximum atomic E-state index is 12.0. The lowest BCUT2D eigenvalue weighted by Gasteiger charge is -2.15. The van der Waals surface area contributed by atoms with Gasteiger partial charge in [-0.05, 0) is 12.1 Å². The van der Waals surface area contributed by atoms with Crippen molar-refractivity contribution in [2.24, 2.45) is 0 Å². The van der Waals surface area contributed by atoms with Crippen molar-refractivity contribution >= 4 is 17.4 Å². The molecule has 0 unspecified atom stereocenters. The van der Waals surface area contributed by atoms with Crippen molar-refractivity contribution in [2.45, 2.75) is 0 Å². The van der Waals surface area contributed by atoms with Crippen molar-refractivity contribution in [1.82, 2.24) is 0 Å². The highest BCUT2D eigenvalue weighted by atomic mass is 16.5. The summed E-state index contributed by atoms with van der Waals surface area (Å²) in [5, 5.41) is 14.7. The topological polar surface area (TPSA) is 89.1 Å². The molecular formula is C16H18N2O5. The third-order valence-corrected chi connectivity index (χ3v) is 3.03. The SMILES string of the molecule is COc1cc(NC(=O)Nc2cccc(O)c2)cc(OC)c1OC. The predicted octanol–water partition coefficient (Wildman–Crippen LogP) is 3.06. The first-order chi connectivity index (χ1) is 11.1. The van der Waals surface area contributed by atoms with Gasteiger partial charge in [0.15, 0.2) is 11.5 Å². The summed E-state index contributed by atoms with van der Waals surface area (Å²) in [6.07, 6.45) is 0. The van der Waals surface area contributed by atoms with Crippen LogP contribution in [-0.2, 0) is 0 Å². The van der Waals surface area contributed by atoms with E-state index in [-0.39, 0.29) is 5.75 Å². The fourth-order valence-corrected chi connectivity index (χ4v) is 2.03. The Labute approximate surface area is 133 Å². The van der Waals surface area contributed by atoms with Crippen LogP contribution in [0.25, 0.3) is 0 Å². The minimum absolute atomic E-state index is 0.0654. The van der Waals surface area contributed by atoms with Gasteiger partial charge in [0, 0.05) is 23.9 Å². The van der Waals surface area contributed by atoms with E-state index < -0.39 is 6.03 Å². The van der Waals surface area contributed by atoms with Crippen molar-refractivity contribution < 1.29 is 24.1 Å². The van der Waals surface area contributed by atoms with Gasteiger partial charge in [-0.3, -0.25) is 0 Å².